The van der Waals surface area contributed by atoms with Crippen molar-refractivity contribution in [2.45, 2.75) is 12.5 Å². The topological polar surface area (TPSA) is 71.2 Å². The van der Waals surface area contributed by atoms with Crippen LogP contribution < -0.4 is 5.32 Å². The van der Waals surface area contributed by atoms with Crippen LogP contribution in [0, 0.1) is 0 Å². The number of hydrogen-bond acceptors (Lipinski definition) is 3. The van der Waals surface area contributed by atoms with E-state index in [1.807, 2.05) is 60.8 Å². The highest BCUT2D eigenvalue weighted by Crippen LogP contribution is 2.19. The third-order valence-electron chi connectivity index (χ3n) is 4.13. The smallest absolute Gasteiger partial charge is 0.328 e. The molecule has 3 aromatic rings. The van der Waals surface area contributed by atoms with Crippen molar-refractivity contribution in [3.63, 3.8) is 0 Å². The second-order valence-corrected chi connectivity index (χ2v) is 5.89. The fourth-order valence-corrected chi connectivity index (χ4v) is 2.81. The molecule has 0 aliphatic heterocycles. The zero-order valence-electron chi connectivity index (χ0n) is 14.4. The monoisotopic (exact) mass is 348 g/mol. The first-order chi connectivity index (χ1) is 12.7. The molecule has 3 rings (SSSR count). The van der Waals surface area contributed by atoms with Gasteiger partial charge in [-0.15, -0.1) is 0 Å². The normalized spacial score (nSPS) is 12.2. The molecule has 0 radical (unpaired) electrons. The zero-order chi connectivity index (χ0) is 18.4. The molecule has 26 heavy (non-hydrogen) atoms. The molecule has 0 fully saturated rings. The predicted molar refractivity (Wildman–Crippen MR) is 101 cm³/mol. The highest BCUT2D eigenvalue weighted by atomic mass is 16.5. The lowest BCUT2D eigenvalue weighted by Gasteiger charge is -2.15. The van der Waals surface area contributed by atoms with Gasteiger partial charge in [0.2, 0.25) is 5.91 Å². The summed E-state index contributed by atoms with van der Waals surface area (Å²) in [7, 11) is 1.32. The molecule has 2 N–H and O–H groups in total. The molecule has 2 aromatic carbocycles. The van der Waals surface area contributed by atoms with Crippen LogP contribution in [-0.2, 0) is 20.7 Å². The predicted octanol–water partition coefficient (Wildman–Crippen LogP) is 3.08. The lowest BCUT2D eigenvalue weighted by Crippen LogP contribution is -2.42. The summed E-state index contributed by atoms with van der Waals surface area (Å²) in [5, 5.41) is 3.75. The number of rotatable bonds is 6. The van der Waals surface area contributed by atoms with Gasteiger partial charge in [0.1, 0.15) is 6.04 Å². The molecule has 0 aliphatic carbocycles. The van der Waals surface area contributed by atoms with E-state index in [2.05, 4.69) is 10.3 Å². The van der Waals surface area contributed by atoms with Crippen molar-refractivity contribution in [3.8, 4) is 0 Å². The maximum Gasteiger partial charge on any atom is 0.328 e. The number of carbonyl (C=O) groups excluding carboxylic acids is 2. The van der Waals surface area contributed by atoms with E-state index in [1.54, 1.807) is 6.08 Å². The SMILES string of the molecule is COC(=O)C(Cc1c[nH]c2ccccc12)NC(=O)C=Cc1ccccc1. The van der Waals surface area contributed by atoms with Gasteiger partial charge in [0, 0.05) is 29.6 Å². The Balaban J connectivity index is 1.73. The number of benzene rings is 2. The molecular weight excluding hydrogens is 328 g/mol. The van der Waals surface area contributed by atoms with Gasteiger partial charge >= 0.3 is 5.97 Å². The van der Waals surface area contributed by atoms with Gasteiger partial charge in [0.25, 0.3) is 0 Å². The zero-order valence-corrected chi connectivity index (χ0v) is 14.4. The minimum atomic E-state index is -0.757. The minimum Gasteiger partial charge on any atom is -0.467 e. The summed E-state index contributed by atoms with van der Waals surface area (Å²) in [6.45, 7) is 0. The van der Waals surface area contributed by atoms with Gasteiger partial charge < -0.3 is 15.0 Å². The number of amides is 1. The van der Waals surface area contributed by atoms with Gasteiger partial charge in [-0.1, -0.05) is 48.5 Å². The average molecular weight is 348 g/mol. The van der Waals surface area contributed by atoms with Crippen molar-refractivity contribution in [3.05, 3.63) is 78.0 Å². The van der Waals surface area contributed by atoms with E-state index in [1.165, 1.54) is 13.2 Å². The maximum atomic E-state index is 12.2. The third-order valence-corrected chi connectivity index (χ3v) is 4.13. The van der Waals surface area contributed by atoms with Crippen LogP contribution in [0.15, 0.2) is 66.9 Å². The van der Waals surface area contributed by atoms with E-state index in [9.17, 15) is 9.59 Å². The molecule has 0 saturated carbocycles. The number of hydrogen-bond donors (Lipinski definition) is 2. The molecule has 5 heteroatoms. The van der Waals surface area contributed by atoms with Crippen molar-refractivity contribution in [1.82, 2.24) is 10.3 Å². The molecule has 1 amide bonds. The summed E-state index contributed by atoms with van der Waals surface area (Å²) in [5.41, 5.74) is 2.85. The number of methoxy groups -OCH3 is 1. The van der Waals surface area contributed by atoms with Crippen molar-refractivity contribution in [2.24, 2.45) is 0 Å². The van der Waals surface area contributed by atoms with Gasteiger partial charge in [-0.2, -0.15) is 0 Å². The molecule has 0 aliphatic rings. The van der Waals surface area contributed by atoms with Crippen LogP contribution in [0.5, 0.6) is 0 Å². The summed E-state index contributed by atoms with van der Waals surface area (Å²) in [6.07, 6.45) is 5.32. The Labute approximate surface area is 151 Å². The standard InChI is InChI=1S/C21H20N2O3/c1-26-21(25)19(13-16-14-22-18-10-6-5-9-17(16)18)23-20(24)12-11-15-7-3-2-4-8-15/h2-12,14,19,22H,13H2,1H3,(H,23,24). The number of esters is 1. The minimum absolute atomic E-state index is 0.343. The van der Waals surface area contributed by atoms with Crippen LogP contribution >= 0.6 is 0 Å². The number of H-pyrrole nitrogens is 1. The van der Waals surface area contributed by atoms with E-state index in [0.29, 0.717) is 6.42 Å². The fourth-order valence-electron chi connectivity index (χ4n) is 2.81. The first-order valence-electron chi connectivity index (χ1n) is 8.34. The summed E-state index contributed by atoms with van der Waals surface area (Å²) in [6, 6.07) is 16.6. The van der Waals surface area contributed by atoms with Gasteiger partial charge in [0.15, 0.2) is 0 Å². The summed E-state index contributed by atoms with van der Waals surface area (Å²) >= 11 is 0. The van der Waals surface area contributed by atoms with Crippen LogP contribution in [0.3, 0.4) is 0 Å². The molecule has 1 unspecified atom stereocenters. The number of fused-ring (bicyclic) bond motifs is 1. The molecular formula is C21H20N2O3. The van der Waals surface area contributed by atoms with Crippen molar-refractivity contribution >= 4 is 28.9 Å². The van der Waals surface area contributed by atoms with Crippen molar-refractivity contribution in [1.29, 1.82) is 0 Å². The first-order valence-corrected chi connectivity index (χ1v) is 8.34. The van der Waals surface area contributed by atoms with E-state index >= 15 is 0 Å². The molecule has 132 valence electrons. The summed E-state index contributed by atoms with van der Waals surface area (Å²) in [4.78, 5) is 27.5. The fraction of sp³-hybridized carbons (Fsp3) is 0.143. The molecule has 1 heterocycles. The number of para-hydroxylation sites is 1. The maximum absolute atomic E-state index is 12.2. The first kappa shape index (κ1) is 17.5. The third kappa shape index (κ3) is 4.19. The van der Waals surface area contributed by atoms with Crippen LogP contribution in [0.25, 0.3) is 17.0 Å². The van der Waals surface area contributed by atoms with Crippen LogP contribution in [-0.4, -0.2) is 30.0 Å². The molecule has 0 bridgehead atoms. The molecule has 1 atom stereocenters. The highest BCUT2D eigenvalue weighted by Gasteiger charge is 2.22. The lowest BCUT2D eigenvalue weighted by atomic mass is 10.0. The van der Waals surface area contributed by atoms with Crippen LogP contribution in [0.1, 0.15) is 11.1 Å². The van der Waals surface area contributed by atoms with Gasteiger partial charge in [-0.25, -0.2) is 4.79 Å². The summed E-state index contributed by atoms with van der Waals surface area (Å²) < 4.78 is 4.85. The lowest BCUT2D eigenvalue weighted by molar-refractivity contribution is -0.144. The molecule has 5 nitrogen and oxygen atoms in total. The number of aromatic nitrogens is 1. The van der Waals surface area contributed by atoms with E-state index in [0.717, 1.165) is 22.0 Å². The Kier molecular flexibility index (Phi) is 5.49. The Morgan fingerprint density at radius 1 is 1.12 bits per heavy atom. The van der Waals surface area contributed by atoms with Crippen molar-refractivity contribution in [2.75, 3.05) is 7.11 Å². The number of ether oxygens (including phenoxy) is 1. The van der Waals surface area contributed by atoms with Gasteiger partial charge in [-0.3, -0.25) is 4.79 Å². The van der Waals surface area contributed by atoms with E-state index in [4.69, 9.17) is 4.74 Å². The van der Waals surface area contributed by atoms with E-state index < -0.39 is 12.0 Å². The Morgan fingerprint density at radius 2 is 1.85 bits per heavy atom. The molecule has 1 aromatic heterocycles. The van der Waals surface area contributed by atoms with Crippen molar-refractivity contribution < 1.29 is 14.3 Å². The second kappa shape index (κ2) is 8.16. The number of carbonyl (C=O) groups is 2. The highest BCUT2D eigenvalue weighted by molar-refractivity contribution is 5.95. The number of aromatic amines is 1. The van der Waals surface area contributed by atoms with Gasteiger partial charge in [0.05, 0.1) is 7.11 Å². The molecule has 0 saturated heterocycles. The van der Waals surface area contributed by atoms with Crippen LogP contribution in [0.4, 0.5) is 0 Å². The van der Waals surface area contributed by atoms with Gasteiger partial charge in [-0.05, 0) is 23.3 Å². The number of nitrogens with one attached hydrogen (secondary N) is 2. The summed E-state index contributed by atoms with van der Waals surface area (Å²) in [5.74, 6) is -0.819. The van der Waals surface area contributed by atoms with E-state index in [-0.39, 0.29) is 5.91 Å². The second-order valence-electron chi connectivity index (χ2n) is 5.89. The quantitative estimate of drug-likeness (QED) is 0.531. The average Bonchev–Trinajstić information content (AvgIpc) is 3.09. The molecule has 0 spiro atoms. The Hall–Kier alpha value is -3.34. The Bertz CT molecular complexity index is 929. The largest absolute Gasteiger partial charge is 0.467 e. The van der Waals surface area contributed by atoms with Crippen LogP contribution in [0.2, 0.25) is 0 Å². The Morgan fingerprint density at radius 3 is 2.62 bits per heavy atom.